The minimum absolute atomic E-state index is 0.0311. The fourth-order valence-corrected chi connectivity index (χ4v) is 2.75. The van der Waals surface area contributed by atoms with Crippen molar-refractivity contribution in [2.75, 3.05) is 23.7 Å². The molecule has 0 aliphatic carbocycles. The second kappa shape index (κ2) is 9.46. The van der Waals surface area contributed by atoms with Gasteiger partial charge in [-0.05, 0) is 42.8 Å². The number of carbonyl (C=O) groups excluding carboxylic acids is 2. The SMILES string of the molecule is CCN(Cc1cccc(NCC(=O)Nc2cc(Cl)ccc2Cl)c1)C(C)=O. The van der Waals surface area contributed by atoms with Crippen LogP contribution in [0.25, 0.3) is 0 Å². The lowest BCUT2D eigenvalue weighted by Gasteiger charge is -2.19. The molecule has 0 fully saturated rings. The molecule has 2 aromatic rings. The Morgan fingerprint density at radius 1 is 1.12 bits per heavy atom. The average Bonchev–Trinajstić information content (AvgIpc) is 2.61. The van der Waals surface area contributed by atoms with Crippen LogP contribution in [-0.2, 0) is 16.1 Å². The maximum absolute atomic E-state index is 12.1. The standard InChI is InChI=1S/C19H21Cl2N3O2/c1-3-24(13(2)25)12-14-5-4-6-16(9-14)22-11-19(26)23-18-10-15(20)7-8-17(18)21/h4-10,22H,3,11-12H2,1-2H3,(H,23,26). The van der Waals surface area contributed by atoms with E-state index in [-0.39, 0.29) is 18.4 Å². The number of benzene rings is 2. The summed E-state index contributed by atoms with van der Waals surface area (Å²) in [7, 11) is 0. The molecule has 0 bridgehead atoms. The van der Waals surface area contributed by atoms with Gasteiger partial charge >= 0.3 is 0 Å². The first-order chi connectivity index (χ1) is 12.4. The molecule has 26 heavy (non-hydrogen) atoms. The largest absolute Gasteiger partial charge is 0.376 e. The van der Waals surface area contributed by atoms with Gasteiger partial charge in [0.2, 0.25) is 11.8 Å². The molecule has 0 spiro atoms. The Balaban J connectivity index is 1.94. The molecule has 7 heteroatoms. The van der Waals surface area contributed by atoms with Crippen molar-refractivity contribution in [1.82, 2.24) is 4.90 Å². The van der Waals surface area contributed by atoms with E-state index in [0.29, 0.717) is 28.8 Å². The van der Waals surface area contributed by atoms with E-state index in [1.807, 2.05) is 31.2 Å². The van der Waals surface area contributed by atoms with E-state index in [9.17, 15) is 9.59 Å². The molecule has 2 rings (SSSR count). The molecule has 2 amide bonds. The average molecular weight is 394 g/mol. The molecule has 138 valence electrons. The molecule has 0 radical (unpaired) electrons. The Hall–Kier alpha value is -2.24. The van der Waals surface area contributed by atoms with Gasteiger partial charge in [-0.1, -0.05) is 35.3 Å². The number of carbonyl (C=O) groups is 2. The Bertz CT molecular complexity index is 796. The predicted molar refractivity (Wildman–Crippen MR) is 107 cm³/mol. The van der Waals surface area contributed by atoms with Gasteiger partial charge in [0.25, 0.3) is 0 Å². The quantitative estimate of drug-likeness (QED) is 0.731. The van der Waals surface area contributed by atoms with Crippen LogP contribution in [0.5, 0.6) is 0 Å². The van der Waals surface area contributed by atoms with E-state index in [1.54, 1.807) is 30.0 Å². The van der Waals surface area contributed by atoms with Gasteiger partial charge in [0, 0.05) is 30.7 Å². The third-order valence-corrected chi connectivity index (χ3v) is 4.35. The van der Waals surface area contributed by atoms with Gasteiger partial charge < -0.3 is 15.5 Å². The summed E-state index contributed by atoms with van der Waals surface area (Å²) in [5.74, 6) is -0.206. The number of anilines is 2. The fourth-order valence-electron chi connectivity index (χ4n) is 2.42. The molecule has 5 nitrogen and oxygen atoms in total. The molecule has 0 aliphatic heterocycles. The van der Waals surface area contributed by atoms with Gasteiger partial charge in [0.1, 0.15) is 0 Å². The maximum atomic E-state index is 12.1. The van der Waals surface area contributed by atoms with Crippen molar-refractivity contribution in [2.24, 2.45) is 0 Å². The molecule has 0 saturated heterocycles. The summed E-state index contributed by atoms with van der Waals surface area (Å²) < 4.78 is 0. The van der Waals surface area contributed by atoms with Crippen LogP contribution < -0.4 is 10.6 Å². The second-order valence-corrected chi connectivity index (χ2v) is 6.60. The first-order valence-electron chi connectivity index (χ1n) is 8.22. The first-order valence-corrected chi connectivity index (χ1v) is 8.98. The molecular formula is C19H21Cl2N3O2. The van der Waals surface area contributed by atoms with Crippen LogP contribution in [0.2, 0.25) is 10.0 Å². The van der Waals surface area contributed by atoms with E-state index >= 15 is 0 Å². The number of halogens is 2. The summed E-state index contributed by atoms with van der Waals surface area (Å²) in [4.78, 5) is 25.4. The van der Waals surface area contributed by atoms with E-state index < -0.39 is 0 Å². The predicted octanol–water partition coefficient (Wildman–Crippen LogP) is 4.41. The van der Waals surface area contributed by atoms with Crippen molar-refractivity contribution in [3.05, 3.63) is 58.1 Å². The third-order valence-electron chi connectivity index (χ3n) is 3.78. The van der Waals surface area contributed by atoms with Crippen molar-refractivity contribution in [3.63, 3.8) is 0 Å². The zero-order valence-electron chi connectivity index (χ0n) is 14.7. The van der Waals surface area contributed by atoms with Crippen LogP contribution in [0, 0.1) is 0 Å². The second-order valence-electron chi connectivity index (χ2n) is 5.76. The number of amides is 2. The highest BCUT2D eigenvalue weighted by Gasteiger charge is 2.09. The lowest BCUT2D eigenvalue weighted by molar-refractivity contribution is -0.129. The zero-order valence-corrected chi connectivity index (χ0v) is 16.2. The van der Waals surface area contributed by atoms with E-state index in [4.69, 9.17) is 23.2 Å². The number of nitrogens with zero attached hydrogens (tertiary/aromatic N) is 1. The van der Waals surface area contributed by atoms with Crippen LogP contribution in [0.4, 0.5) is 11.4 Å². The maximum Gasteiger partial charge on any atom is 0.243 e. The van der Waals surface area contributed by atoms with E-state index in [1.165, 1.54) is 0 Å². The molecule has 0 aliphatic rings. The van der Waals surface area contributed by atoms with Gasteiger partial charge in [-0.25, -0.2) is 0 Å². The number of rotatable bonds is 7. The molecule has 2 aromatic carbocycles. The molecule has 0 unspecified atom stereocenters. The highest BCUT2D eigenvalue weighted by atomic mass is 35.5. The minimum Gasteiger partial charge on any atom is -0.376 e. The Kier molecular flexibility index (Phi) is 7.30. The van der Waals surface area contributed by atoms with Gasteiger partial charge in [0.05, 0.1) is 17.3 Å². The van der Waals surface area contributed by atoms with Crippen LogP contribution >= 0.6 is 23.2 Å². The fraction of sp³-hybridized carbons (Fsp3) is 0.263. The van der Waals surface area contributed by atoms with Crippen LogP contribution in [-0.4, -0.2) is 29.8 Å². The van der Waals surface area contributed by atoms with Crippen LogP contribution in [0.1, 0.15) is 19.4 Å². The van der Waals surface area contributed by atoms with Gasteiger partial charge in [-0.15, -0.1) is 0 Å². The van der Waals surface area contributed by atoms with Gasteiger partial charge in [-0.2, -0.15) is 0 Å². The molecule has 2 N–H and O–H groups in total. The summed E-state index contributed by atoms with van der Waals surface area (Å²) >= 11 is 12.0. The third kappa shape index (κ3) is 5.93. The lowest BCUT2D eigenvalue weighted by atomic mass is 10.2. The summed E-state index contributed by atoms with van der Waals surface area (Å²) in [5.41, 5.74) is 2.26. The zero-order chi connectivity index (χ0) is 19.1. The Labute approximate surface area is 163 Å². The van der Waals surface area contributed by atoms with Crippen molar-refractivity contribution >= 4 is 46.4 Å². The Morgan fingerprint density at radius 2 is 1.88 bits per heavy atom. The molecular weight excluding hydrogens is 373 g/mol. The van der Waals surface area contributed by atoms with Crippen molar-refractivity contribution in [2.45, 2.75) is 20.4 Å². The normalized spacial score (nSPS) is 10.3. The van der Waals surface area contributed by atoms with E-state index in [0.717, 1.165) is 11.3 Å². The Morgan fingerprint density at radius 3 is 2.58 bits per heavy atom. The highest BCUT2D eigenvalue weighted by Crippen LogP contribution is 2.25. The molecule has 0 aromatic heterocycles. The monoisotopic (exact) mass is 393 g/mol. The minimum atomic E-state index is -0.238. The molecule has 0 atom stereocenters. The number of hydrogen-bond acceptors (Lipinski definition) is 3. The number of nitrogens with one attached hydrogen (secondary N) is 2. The first kappa shape index (κ1) is 20.1. The lowest BCUT2D eigenvalue weighted by Crippen LogP contribution is -2.27. The number of hydrogen-bond donors (Lipinski definition) is 2. The topological polar surface area (TPSA) is 61.4 Å². The summed E-state index contributed by atoms with van der Waals surface area (Å²) in [6.45, 7) is 4.75. The highest BCUT2D eigenvalue weighted by molar-refractivity contribution is 6.35. The van der Waals surface area contributed by atoms with Crippen molar-refractivity contribution in [3.8, 4) is 0 Å². The van der Waals surface area contributed by atoms with Crippen LogP contribution in [0.3, 0.4) is 0 Å². The molecule has 0 saturated carbocycles. The summed E-state index contributed by atoms with van der Waals surface area (Å²) in [5, 5.41) is 6.71. The summed E-state index contributed by atoms with van der Waals surface area (Å²) in [6, 6.07) is 12.5. The summed E-state index contributed by atoms with van der Waals surface area (Å²) in [6.07, 6.45) is 0. The smallest absolute Gasteiger partial charge is 0.243 e. The van der Waals surface area contributed by atoms with Gasteiger partial charge in [0.15, 0.2) is 0 Å². The van der Waals surface area contributed by atoms with E-state index in [2.05, 4.69) is 10.6 Å². The molecule has 0 heterocycles. The van der Waals surface area contributed by atoms with Crippen LogP contribution in [0.15, 0.2) is 42.5 Å². The van der Waals surface area contributed by atoms with Crippen molar-refractivity contribution < 1.29 is 9.59 Å². The van der Waals surface area contributed by atoms with Crippen molar-refractivity contribution in [1.29, 1.82) is 0 Å². The van der Waals surface area contributed by atoms with Gasteiger partial charge in [-0.3, -0.25) is 9.59 Å².